The summed E-state index contributed by atoms with van der Waals surface area (Å²) in [5.41, 5.74) is 6.27. The van der Waals surface area contributed by atoms with Crippen molar-refractivity contribution in [2.45, 2.75) is 19.4 Å². The van der Waals surface area contributed by atoms with E-state index in [0.29, 0.717) is 13.0 Å². The Morgan fingerprint density at radius 1 is 1.47 bits per heavy atom. The molecular weight excluding hydrogens is 268 g/mol. The number of carboxylic acids is 1. The topological polar surface area (TPSA) is 83.6 Å². The van der Waals surface area contributed by atoms with Crippen molar-refractivity contribution >= 4 is 29.2 Å². The number of aliphatic carboxylic acids is 1. The van der Waals surface area contributed by atoms with E-state index in [4.69, 9.17) is 22.4 Å². The van der Waals surface area contributed by atoms with Gasteiger partial charge in [0.1, 0.15) is 0 Å². The summed E-state index contributed by atoms with van der Waals surface area (Å²) in [6.07, 6.45) is 0.603. The van der Waals surface area contributed by atoms with Crippen LogP contribution in [0.1, 0.15) is 23.7 Å². The Bertz CT molecular complexity index is 533. The van der Waals surface area contributed by atoms with Crippen LogP contribution >= 0.6 is 11.6 Å². The standard InChI is InChI=1S/C13H15ClN2O3/c1-7-9(13(18)19)4-5-16(7)8-2-3-10(12(15)17)11(14)6-8/h2-3,6-7,9H,4-5H2,1H3,(H2,15,17)(H,18,19). The van der Waals surface area contributed by atoms with E-state index in [9.17, 15) is 9.59 Å². The Morgan fingerprint density at radius 3 is 2.63 bits per heavy atom. The molecule has 1 amide bonds. The first-order chi connectivity index (χ1) is 8.91. The molecule has 1 aliphatic heterocycles. The Hall–Kier alpha value is -1.75. The Morgan fingerprint density at radius 2 is 2.16 bits per heavy atom. The van der Waals surface area contributed by atoms with Crippen molar-refractivity contribution in [1.29, 1.82) is 0 Å². The quantitative estimate of drug-likeness (QED) is 0.884. The van der Waals surface area contributed by atoms with Gasteiger partial charge in [0.15, 0.2) is 0 Å². The predicted octanol–water partition coefficient (Wildman–Crippen LogP) is 1.74. The summed E-state index contributed by atoms with van der Waals surface area (Å²) < 4.78 is 0. The third-order valence-corrected chi connectivity index (χ3v) is 3.93. The van der Waals surface area contributed by atoms with Crippen molar-refractivity contribution in [3.05, 3.63) is 28.8 Å². The summed E-state index contributed by atoms with van der Waals surface area (Å²) >= 11 is 6.01. The molecule has 1 aromatic rings. The zero-order chi connectivity index (χ0) is 14.2. The number of carboxylic acid groups (broad SMARTS) is 1. The highest BCUT2D eigenvalue weighted by molar-refractivity contribution is 6.34. The van der Waals surface area contributed by atoms with Gasteiger partial charge >= 0.3 is 5.97 Å². The van der Waals surface area contributed by atoms with Crippen LogP contribution in [0.15, 0.2) is 18.2 Å². The van der Waals surface area contributed by atoms with Crippen LogP contribution in [0.3, 0.4) is 0 Å². The van der Waals surface area contributed by atoms with Crippen LogP contribution in [-0.2, 0) is 4.79 Å². The third-order valence-electron chi connectivity index (χ3n) is 3.62. The molecule has 2 atom stereocenters. The average molecular weight is 283 g/mol. The van der Waals surface area contributed by atoms with Crippen molar-refractivity contribution in [2.75, 3.05) is 11.4 Å². The summed E-state index contributed by atoms with van der Waals surface area (Å²) in [6.45, 7) is 2.53. The molecule has 2 unspecified atom stereocenters. The average Bonchev–Trinajstić information content (AvgIpc) is 2.70. The molecule has 2 rings (SSSR count). The van der Waals surface area contributed by atoms with E-state index in [1.807, 2.05) is 11.8 Å². The molecule has 0 radical (unpaired) electrons. The first-order valence-corrected chi connectivity index (χ1v) is 6.38. The fourth-order valence-corrected chi connectivity index (χ4v) is 2.78. The number of hydrogen-bond donors (Lipinski definition) is 2. The lowest BCUT2D eigenvalue weighted by molar-refractivity contribution is -0.141. The number of benzene rings is 1. The van der Waals surface area contributed by atoms with Crippen LogP contribution in [0.2, 0.25) is 5.02 Å². The number of carbonyl (C=O) groups excluding carboxylic acids is 1. The minimum atomic E-state index is -0.783. The van der Waals surface area contributed by atoms with Gasteiger partial charge in [0.25, 0.3) is 0 Å². The minimum absolute atomic E-state index is 0.104. The van der Waals surface area contributed by atoms with Gasteiger partial charge < -0.3 is 15.7 Å². The molecule has 19 heavy (non-hydrogen) atoms. The van der Waals surface area contributed by atoms with Crippen LogP contribution in [0.25, 0.3) is 0 Å². The smallest absolute Gasteiger partial charge is 0.308 e. The van der Waals surface area contributed by atoms with E-state index < -0.39 is 11.9 Å². The molecule has 1 saturated heterocycles. The van der Waals surface area contributed by atoms with Crippen molar-refractivity contribution in [3.63, 3.8) is 0 Å². The number of halogens is 1. The van der Waals surface area contributed by atoms with Gasteiger partial charge in [-0.25, -0.2) is 0 Å². The van der Waals surface area contributed by atoms with Crippen molar-refractivity contribution < 1.29 is 14.7 Å². The summed E-state index contributed by atoms with van der Waals surface area (Å²) in [7, 11) is 0. The fraction of sp³-hybridized carbons (Fsp3) is 0.385. The largest absolute Gasteiger partial charge is 0.481 e. The second-order valence-corrected chi connectivity index (χ2v) is 5.10. The second kappa shape index (κ2) is 5.09. The molecule has 0 aromatic heterocycles. The van der Waals surface area contributed by atoms with Crippen molar-refractivity contribution in [2.24, 2.45) is 11.7 Å². The van der Waals surface area contributed by atoms with Crippen LogP contribution in [-0.4, -0.2) is 29.6 Å². The number of hydrogen-bond acceptors (Lipinski definition) is 3. The van der Waals surface area contributed by atoms with Gasteiger partial charge in [0.2, 0.25) is 5.91 Å². The zero-order valence-electron chi connectivity index (χ0n) is 10.5. The fourth-order valence-electron chi connectivity index (χ4n) is 2.52. The Kier molecular flexibility index (Phi) is 3.66. The van der Waals surface area contributed by atoms with Gasteiger partial charge in [-0.15, -0.1) is 0 Å². The molecule has 1 heterocycles. The molecule has 0 aliphatic carbocycles. The number of nitrogens with two attached hydrogens (primary N) is 1. The third kappa shape index (κ3) is 2.51. The zero-order valence-corrected chi connectivity index (χ0v) is 11.2. The van der Waals surface area contributed by atoms with Gasteiger partial charge in [-0.2, -0.15) is 0 Å². The van der Waals surface area contributed by atoms with E-state index in [-0.39, 0.29) is 22.5 Å². The van der Waals surface area contributed by atoms with Crippen LogP contribution < -0.4 is 10.6 Å². The number of carbonyl (C=O) groups is 2. The maximum atomic E-state index is 11.1. The summed E-state index contributed by atoms with van der Waals surface area (Å²) in [5.74, 6) is -1.74. The molecule has 1 aliphatic rings. The second-order valence-electron chi connectivity index (χ2n) is 4.70. The molecule has 0 spiro atoms. The molecule has 1 aromatic carbocycles. The molecule has 5 nitrogen and oxygen atoms in total. The number of nitrogens with zero attached hydrogens (tertiary/aromatic N) is 1. The summed E-state index contributed by atoms with van der Waals surface area (Å²) in [6, 6.07) is 4.86. The number of amides is 1. The lowest BCUT2D eigenvalue weighted by Crippen LogP contribution is -2.32. The predicted molar refractivity (Wildman–Crippen MR) is 72.5 cm³/mol. The monoisotopic (exact) mass is 282 g/mol. The molecule has 6 heteroatoms. The first kappa shape index (κ1) is 13.7. The minimum Gasteiger partial charge on any atom is -0.481 e. The summed E-state index contributed by atoms with van der Waals surface area (Å²) in [5, 5.41) is 9.39. The maximum Gasteiger partial charge on any atom is 0.308 e. The van der Waals surface area contributed by atoms with E-state index >= 15 is 0 Å². The van der Waals surface area contributed by atoms with Gasteiger partial charge in [0, 0.05) is 18.3 Å². The number of anilines is 1. The molecule has 0 saturated carbocycles. The molecule has 3 N–H and O–H groups in total. The van der Waals surface area contributed by atoms with Crippen LogP contribution in [0.5, 0.6) is 0 Å². The lowest BCUT2D eigenvalue weighted by atomic mass is 10.0. The maximum absolute atomic E-state index is 11.1. The SMILES string of the molecule is CC1C(C(=O)O)CCN1c1ccc(C(N)=O)c(Cl)c1. The van der Waals surface area contributed by atoms with Crippen molar-refractivity contribution in [3.8, 4) is 0 Å². The molecular formula is C13H15ClN2O3. The van der Waals surface area contributed by atoms with Gasteiger partial charge in [-0.05, 0) is 31.5 Å². The highest BCUT2D eigenvalue weighted by Crippen LogP contribution is 2.32. The first-order valence-electron chi connectivity index (χ1n) is 6.00. The Balaban J connectivity index is 2.27. The molecule has 1 fully saturated rings. The van der Waals surface area contributed by atoms with E-state index in [1.54, 1.807) is 18.2 Å². The number of primary amides is 1. The van der Waals surface area contributed by atoms with Gasteiger partial charge in [-0.1, -0.05) is 11.6 Å². The highest BCUT2D eigenvalue weighted by Gasteiger charge is 2.35. The molecule has 0 bridgehead atoms. The highest BCUT2D eigenvalue weighted by atomic mass is 35.5. The van der Waals surface area contributed by atoms with E-state index in [2.05, 4.69) is 0 Å². The van der Waals surface area contributed by atoms with Crippen LogP contribution in [0.4, 0.5) is 5.69 Å². The normalized spacial score (nSPS) is 22.5. The van der Waals surface area contributed by atoms with Gasteiger partial charge in [0.05, 0.1) is 16.5 Å². The van der Waals surface area contributed by atoms with E-state index in [0.717, 1.165) is 5.69 Å². The summed E-state index contributed by atoms with van der Waals surface area (Å²) in [4.78, 5) is 24.2. The van der Waals surface area contributed by atoms with E-state index in [1.165, 1.54) is 0 Å². The van der Waals surface area contributed by atoms with Crippen molar-refractivity contribution in [1.82, 2.24) is 0 Å². The van der Waals surface area contributed by atoms with Crippen LogP contribution in [0, 0.1) is 5.92 Å². The molecule has 102 valence electrons. The lowest BCUT2D eigenvalue weighted by Gasteiger charge is -2.25. The Labute approximate surface area is 116 Å². The van der Waals surface area contributed by atoms with Gasteiger partial charge in [-0.3, -0.25) is 9.59 Å². The number of rotatable bonds is 3.